The number of hydrogen-bond donors (Lipinski definition) is 2. The minimum absolute atomic E-state index is 0.141. The van der Waals surface area contributed by atoms with Gasteiger partial charge in [-0.3, -0.25) is 9.59 Å². The highest BCUT2D eigenvalue weighted by molar-refractivity contribution is 6.04. The second-order valence-corrected chi connectivity index (χ2v) is 4.37. The lowest BCUT2D eigenvalue weighted by atomic mass is 10.1. The molecule has 0 saturated carbocycles. The van der Waals surface area contributed by atoms with Gasteiger partial charge in [0.15, 0.2) is 0 Å². The summed E-state index contributed by atoms with van der Waals surface area (Å²) in [7, 11) is 1.89. The molecular formula is C13H16N2O3. The first-order valence-corrected chi connectivity index (χ1v) is 5.90. The van der Waals surface area contributed by atoms with Crippen LogP contribution in [0.1, 0.15) is 11.1 Å². The third-order valence-corrected chi connectivity index (χ3v) is 3.03. The summed E-state index contributed by atoms with van der Waals surface area (Å²) in [5.41, 5.74) is 2.82. The molecule has 1 heterocycles. The minimum Gasteiger partial charge on any atom is -0.480 e. The summed E-state index contributed by atoms with van der Waals surface area (Å²) < 4.78 is 0. The van der Waals surface area contributed by atoms with Crippen LogP contribution in [-0.4, -0.2) is 37.1 Å². The fourth-order valence-electron chi connectivity index (χ4n) is 2.17. The molecule has 5 nitrogen and oxygen atoms in total. The average molecular weight is 248 g/mol. The molecule has 0 atom stereocenters. The number of rotatable bonds is 5. The number of carbonyl (C=O) groups is 2. The summed E-state index contributed by atoms with van der Waals surface area (Å²) in [5.74, 6) is -1.13. The average Bonchev–Trinajstić information content (AvgIpc) is 2.62. The highest BCUT2D eigenvalue weighted by Gasteiger charge is 2.28. The molecular weight excluding hydrogens is 232 g/mol. The molecule has 0 unspecified atom stereocenters. The zero-order valence-electron chi connectivity index (χ0n) is 10.3. The number of hydrogen-bond acceptors (Lipinski definition) is 3. The summed E-state index contributed by atoms with van der Waals surface area (Å²) in [6.07, 6.45) is 1.20. The van der Waals surface area contributed by atoms with Crippen LogP contribution in [0.2, 0.25) is 0 Å². The van der Waals surface area contributed by atoms with Gasteiger partial charge in [0, 0.05) is 5.69 Å². The van der Waals surface area contributed by atoms with Crippen molar-refractivity contribution in [3.63, 3.8) is 0 Å². The Balaban J connectivity index is 2.21. The molecule has 1 amide bonds. The smallest absolute Gasteiger partial charge is 0.323 e. The molecule has 1 aliphatic rings. The van der Waals surface area contributed by atoms with E-state index in [4.69, 9.17) is 5.11 Å². The molecule has 1 aliphatic heterocycles. The Bertz CT molecular complexity index is 485. The van der Waals surface area contributed by atoms with Crippen LogP contribution in [0, 0.1) is 0 Å². The van der Waals surface area contributed by atoms with Crippen LogP contribution < -0.4 is 10.2 Å². The maximum Gasteiger partial charge on any atom is 0.323 e. The van der Waals surface area contributed by atoms with Gasteiger partial charge in [0.05, 0.1) is 6.42 Å². The molecule has 1 aromatic carbocycles. The third kappa shape index (κ3) is 2.51. The van der Waals surface area contributed by atoms with Crippen molar-refractivity contribution >= 4 is 17.6 Å². The van der Waals surface area contributed by atoms with E-state index in [-0.39, 0.29) is 12.5 Å². The summed E-state index contributed by atoms with van der Waals surface area (Å²) >= 11 is 0. The standard InChI is InChI=1S/C13H16N2O3/c1-14-5-4-9-2-3-11-10(6-9)7-12(16)15(11)8-13(17)18/h2-3,6,14H,4-5,7-8H2,1H3,(H,17,18). The molecule has 2 N–H and O–H groups in total. The van der Waals surface area contributed by atoms with E-state index in [1.54, 1.807) is 0 Å². The fraction of sp³-hybridized carbons (Fsp3) is 0.385. The molecule has 0 spiro atoms. The fourth-order valence-corrected chi connectivity index (χ4v) is 2.17. The van der Waals surface area contributed by atoms with Crippen molar-refractivity contribution in [3.8, 4) is 0 Å². The quantitative estimate of drug-likeness (QED) is 0.792. The SMILES string of the molecule is CNCCc1ccc2c(c1)CC(=O)N2CC(=O)O. The van der Waals surface area contributed by atoms with Crippen LogP contribution in [0.3, 0.4) is 0 Å². The molecule has 2 rings (SSSR count). The summed E-state index contributed by atoms with van der Waals surface area (Å²) in [4.78, 5) is 23.8. The van der Waals surface area contributed by atoms with E-state index in [1.807, 2.05) is 25.2 Å². The van der Waals surface area contributed by atoms with Gasteiger partial charge in [-0.25, -0.2) is 0 Å². The van der Waals surface area contributed by atoms with Gasteiger partial charge in [-0.05, 0) is 37.2 Å². The number of benzene rings is 1. The number of carbonyl (C=O) groups excluding carboxylic acids is 1. The number of fused-ring (bicyclic) bond motifs is 1. The van der Waals surface area contributed by atoms with Crippen molar-refractivity contribution in [2.24, 2.45) is 0 Å². The van der Waals surface area contributed by atoms with Crippen LogP contribution in [0.15, 0.2) is 18.2 Å². The van der Waals surface area contributed by atoms with Crippen LogP contribution in [-0.2, 0) is 22.4 Å². The first-order chi connectivity index (χ1) is 8.61. The van der Waals surface area contributed by atoms with E-state index in [0.29, 0.717) is 6.42 Å². The van der Waals surface area contributed by atoms with Crippen LogP contribution in [0.5, 0.6) is 0 Å². The van der Waals surface area contributed by atoms with Gasteiger partial charge in [0.25, 0.3) is 0 Å². The van der Waals surface area contributed by atoms with Crippen LogP contribution >= 0.6 is 0 Å². The summed E-state index contributed by atoms with van der Waals surface area (Å²) in [5, 5.41) is 11.9. The Hall–Kier alpha value is -1.88. The van der Waals surface area contributed by atoms with Gasteiger partial charge >= 0.3 is 5.97 Å². The minimum atomic E-state index is -0.990. The van der Waals surface area contributed by atoms with Crippen molar-refractivity contribution in [2.75, 3.05) is 25.0 Å². The van der Waals surface area contributed by atoms with Crippen molar-refractivity contribution in [3.05, 3.63) is 29.3 Å². The van der Waals surface area contributed by atoms with Gasteiger partial charge in [0.1, 0.15) is 6.54 Å². The van der Waals surface area contributed by atoms with E-state index in [2.05, 4.69) is 5.32 Å². The van der Waals surface area contributed by atoms with Crippen molar-refractivity contribution in [2.45, 2.75) is 12.8 Å². The van der Waals surface area contributed by atoms with Gasteiger partial charge in [0.2, 0.25) is 5.91 Å². The van der Waals surface area contributed by atoms with E-state index in [0.717, 1.165) is 29.8 Å². The molecule has 0 radical (unpaired) electrons. The molecule has 0 aliphatic carbocycles. The zero-order chi connectivity index (χ0) is 13.1. The maximum atomic E-state index is 11.7. The Morgan fingerprint density at radius 2 is 2.28 bits per heavy atom. The predicted octanol–water partition coefficient (Wildman–Crippen LogP) is 0.422. The Morgan fingerprint density at radius 1 is 1.50 bits per heavy atom. The highest BCUT2D eigenvalue weighted by atomic mass is 16.4. The van der Waals surface area contributed by atoms with Crippen molar-refractivity contribution < 1.29 is 14.7 Å². The van der Waals surface area contributed by atoms with E-state index < -0.39 is 5.97 Å². The lowest BCUT2D eigenvalue weighted by molar-refractivity contribution is -0.136. The van der Waals surface area contributed by atoms with Gasteiger partial charge in [-0.2, -0.15) is 0 Å². The third-order valence-electron chi connectivity index (χ3n) is 3.03. The Labute approximate surface area is 105 Å². The van der Waals surface area contributed by atoms with Gasteiger partial charge in [-0.1, -0.05) is 12.1 Å². The number of nitrogens with zero attached hydrogens (tertiary/aromatic N) is 1. The second-order valence-electron chi connectivity index (χ2n) is 4.37. The number of carboxylic acids is 1. The zero-order valence-corrected chi connectivity index (χ0v) is 10.3. The highest BCUT2D eigenvalue weighted by Crippen LogP contribution is 2.29. The largest absolute Gasteiger partial charge is 0.480 e. The topological polar surface area (TPSA) is 69.6 Å². The number of likely N-dealkylation sites (N-methyl/N-ethyl adjacent to an activating group) is 1. The summed E-state index contributed by atoms with van der Waals surface area (Å²) in [6.45, 7) is 0.618. The molecule has 0 fully saturated rings. The number of aliphatic carboxylic acids is 1. The summed E-state index contributed by atoms with van der Waals surface area (Å²) in [6, 6.07) is 5.78. The lowest BCUT2D eigenvalue weighted by Gasteiger charge is -2.14. The van der Waals surface area contributed by atoms with Crippen LogP contribution in [0.4, 0.5) is 5.69 Å². The molecule has 1 aromatic rings. The number of anilines is 1. The molecule has 5 heteroatoms. The number of carboxylic acid groups (broad SMARTS) is 1. The predicted molar refractivity (Wildman–Crippen MR) is 67.8 cm³/mol. The Kier molecular flexibility index (Phi) is 3.62. The number of amides is 1. The molecule has 0 saturated heterocycles. The van der Waals surface area contributed by atoms with Crippen molar-refractivity contribution in [1.82, 2.24) is 5.32 Å². The second kappa shape index (κ2) is 5.18. The molecule has 18 heavy (non-hydrogen) atoms. The normalized spacial score (nSPS) is 13.8. The number of nitrogens with one attached hydrogen (secondary N) is 1. The monoisotopic (exact) mass is 248 g/mol. The first-order valence-electron chi connectivity index (χ1n) is 5.90. The lowest BCUT2D eigenvalue weighted by Crippen LogP contribution is -2.32. The molecule has 0 bridgehead atoms. The molecule has 0 aromatic heterocycles. The van der Waals surface area contributed by atoms with Crippen molar-refractivity contribution in [1.29, 1.82) is 0 Å². The van der Waals surface area contributed by atoms with Gasteiger partial charge in [-0.15, -0.1) is 0 Å². The van der Waals surface area contributed by atoms with E-state index >= 15 is 0 Å². The van der Waals surface area contributed by atoms with Gasteiger partial charge < -0.3 is 15.3 Å². The Morgan fingerprint density at radius 3 is 2.94 bits per heavy atom. The van der Waals surface area contributed by atoms with Crippen LogP contribution in [0.25, 0.3) is 0 Å². The van der Waals surface area contributed by atoms with E-state index in [1.165, 1.54) is 4.90 Å². The van der Waals surface area contributed by atoms with E-state index in [9.17, 15) is 9.59 Å². The maximum absolute atomic E-state index is 11.7. The first kappa shape index (κ1) is 12.6. The molecule has 96 valence electrons.